The van der Waals surface area contributed by atoms with Gasteiger partial charge in [-0.05, 0) is 19.8 Å². The first-order valence-corrected chi connectivity index (χ1v) is 5.05. The summed E-state index contributed by atoms with van der Waals surface area (Å²) in [7, 11) is 1.70. The summed E-state index contributed by atoms with van der Waals surface area (Å²) >= 11 is 0. The van der Waals surface area contributed by atoms with E-state index in [1.165, 1.54) is 0 Å². The molecule has 1 aliphatic heterocycles. The highest BCUT2D eigenvalue weighted by atomic mass is 16.2. The van der Waals surface area contributed by atoms with Crippen molar-refractivity contribution in [2.75, 3.05) is 7.05 Å². The molecular weight excluding hydrogens is 180 g/mol. The zero-order chi connectivity index (χ0) is 10.9. The molecule has 2 amide bonds. The van der Waals surface area contributed by atoms with Gasteiger partial charge in [-0.15, -0.1) is 0 Å². The second-order valence-electron chi connectivity index (χ2n) is 4.02. The van der Waals surface area contributed by atoms with E-state index in [0.717, 1.165) is 0 Å². The molecule has 0 radical (unpaired) electrons. The molecule has 1 aliphatic rings. The minimum atomic E-state index is -0.711. The highest BCUT2D eigenvalue weighted by Gasteiger charge is 2.44. The van der Waals surface area contributed by atoms with Gasteiger partial charge in [0.25, 0.3) is 0 Å². The van der Waals surface area contributed by atoms with Gasteiger partial charge in [0.1, 0.15) is 11.6 Å². The maximum Gasteiger partial charge on any atom is 0.248 e. The minimum Gasteiger partial charge on any atom is -0.340 e. The number of nitrogens with zero attached hydrogens (tertiary/aromatic N) is 1. The molecule has 0 bridgehead atoms. The van der Waals surface area contributed by atoms with E-state index in [1.54, 1.807) is 18.9 Å². The molecule has 1 fully saturated rings. The number of nitrogens with one attached hydrogen (secondary N) is 1. The Morgan fingerprint density at radius 1 is 1.43 bits per heavy atom. The molecule has 0 aromatic heterocycles. The smallest absolute Gasteiger partial charge is 0.248 e. The molecule has 2 unspecified atom stereocenters. The van der Waals surface area contributed by atoms with Gasteiger partial charge in [-0.3, -0.25) is 9.59 Å². The van der Waals surface area contributed by atoms with Crippen LogP contribution in [0.3, 0.4) is 0 Å². The van der Waals surface area contributed by atoms with Crippen LogP contribution in [0.2, 0.25) is 0 Å². The Hall–Kier alpha value is -1.06. The zero-order valence-electron chi connectivity index (χ0n) is 9.26. The van der Waals surface area contributed by atoms with Crippen molar-refractivity contribution in [3.05, 3.63) is 0 Å². The van der Waals surface area contributed by atoms with E-state index in [-0.39, 0.29) is 17.9 Å². The van der Waals surface area contributed by atoms with E-state index in [2.05, 4.69) is 5.32 Å². The number of carbonyl (C=O) groups excluding carboxylic acids is 2. The summed E-state index contributed by atoms with van der Waals surface area (Å²) in [6.45, 7) is 5.58. The SMILES string of the molecule is CCC1C(=O)NC(C)(CC)C(=O)N1C. The Morgan fingerprint density at radius 2 is 2.00 bits per heavy atom. The van der Waals surface area contributed by atoms with Gasteiger partial charge in [0, 0.05) is 7.05 Å². The Morgan fingerprint density at radius 3 is 2.43 bits per heavy atom. The van der Waals surface area contributed by atoms with Crippen molar-refractivity contribution in [1.82, 2.24) is 10.2 Å². The van der Waals surface area contributed by atoms with Crippen LogP contribution < -0.4 is 5.32 Å². The first kappa shape index (κ1) is 11.0. The molecule has 0 aromatic carbocycles. The molecule has 0 spiro atoms. The molecule has 14 heavy (non-hydrogen) atoms. The predicted molar refractivity (Wildman–Crippen MR) is 53.7 cm³/mol. The average Bonchev–Trinajstić information content (AvgIpc) is 2.15. The largest absolute Gasteiger partial charge is 0.340 e. The van der Waals surface area contributed by atoms with E-state index in [0.29, 0.717) is 12.8 Å². The second kappa shape index (κ2) is 3.59. The highest BCUT2D eigenvalue weighted by molar-refractivity contribution is 5.99. The molecule has 0 aromatic rings. The number of hydrogen-bond donors (Lipinski definition) is 1. The first-order valence-electron chi connectivity index (χ1n) is 5.05. The summed E-state index contributed by atoms with van der Waals surface area (Å²) in [5.74, 6) is -0.0367. The Labute approximate surface area is 84.7 Å². The summed E-state index contributed by atoms with van der Waals surface area (Å²) in [6, 6.07) is -0.304. The zero-order valence-corrected chi connectivity index (χ0v) is 9.26. The molecule has 0 aliphatic carbocycles. The van der Waals surface area contributed by atoms with Crippen LogP contribution in [0.1, 0.15) is 33.6 Å². The molecule has 0 saturated carbocycles. The van der Waals surface area contributed by atoms with E-state index in [1.807, 2.05) is 13.8 Å². The van der Waals surface area contributed by atoms with Crippen molar-refractivity contribution in [3.8, 4) is 0 Å². The van der Waals surface area contributed by atoms with Gasteiger partial charge in [-0.2, -0.15) is 0 Å². The van der Waals surface area contributed by atoms with Gasteiger partial charge >= 0.3 is 0 Å². The fourth-order valence-corrected chi connectivity index (χ4v) is 1.81. The van der Waals surface area contributed by atoms with Crippen molar-refractivity contribution >= 4 is 11.8 Å². The van der Waals surface area contributed by atoms with E-state index >= 15 is 0 Å². The Bertz CT molecular complexity index is 265. The molecule has 4 nitrogen and oxygen atoms in total. The Kier molecular flexibility index (Phi) is 2.83. The number of carbonyl (C=O) groups is 2. The van der Waals surface area contributed by atoms with Gasteiger partial charge in [-0.1, -0.05) is 13.8 Å². The second-order valence-corrected chi connectivity index (χ2v) is 4.02. The lowest BCUT2D eigenvalue weighted by molar-refractivity contribution is -0.152. The maximum atomic E-state index is 11.9. The number of likely N-dealkylation sites (N-methyl/N-ethyl adjacent to an activating group) is 1. The quantitative estimate of drug-likeness (QED) is 0.703. The van der Waals surface area contributed by atoms with Crippen molar-refractivity contribution in [3.63, 3.8) is 0 Å². The van der Waals surface area contributed by atoms with Crippen LogP contribution in [-0.4, -0.2) is 35.3 Å². The lowest BCUT2D eigenvalue weighted by atomic mass is 9.92. The summed E-state index contributed by atoms with van der Waals surface area (Å²) < 4.78 is 0. The molecule has 1 saturated heterocycles. The summed E-state index contributed by atoms with van der Waals surface area (Å²) in [6.07, 6.45) is 1.28. The van der Waals surface area contributed by atoms with E-state index in [9.17, 15) is 9.59 Å². The molecule has 2 atom stereocenters. The third-order valence-electron chi connectivity index (χ3n) is 3.06. The van der Waals surface area contributed by atoms with Gasteiger partial charge in [-0.25, -0.2) is 0 Å². The minimum absolute atomic E-state index is 0.00597. The standard InChI is InChI=1S/C10H18N2O2/c1-5-7-8(13)11-10(3,6-2)9(14)12(7)4/h7H,5-6H2,1-4H3,(H,11,13). The van der Waals surface area contributed by atoms with Crippen LogP contribution in [-0.2, 0) is 9.59 Å². The highest BCUT2D eigenvalue weighted by Crippen LogP contribution is 2.21. The number of hydrogen-bond acceptors (Lipinski definition) is 2. The molecule has 1 N–H and O–H groups in total. The number of rotatable bonds is 2. The van der Waals surface area contributed by atoms with Crippen molar-refractivity contribution in [1.29, 1.82) is 0 Å². The summed E-state index contributed by atoms with van der Waals surface area (Å²) in [4.78, 5) is 25.1. The van der Waals surface area contributed by atoms with Gasteiger partial charge in [0.15, 0.2) is 0 Å². The molecular formula is C10H18N2O2. The first-order chi connectivity index (χ1) is 6.46. The van der Waals surface area contributed by atoms with Gasteiger partial charge in [0.05, 0.1) is 0 Å². The number of amides is 2. The normalized spacial score (nSPS) is 33.1. The van der Waals surface area contributed by atoms with E-state index < -0.39 is 5.54 Å². The Balaban J connectivity index is 2.95. The lowest BCUT2D eigenvalue weighted by Gasteiger charge is -2.42. The van der Waals surface area contributed by atoms with Crippen LogP contribution in [0.5, 0.6) is 0 Å². The third kappa shape index (κ3) is 1.49. The average molecular weight is 198 g/mol. The fraction of sp³-hybridized carbons (Fsp3) is 0.800. The van der Waals surface area contributed by atoms with Crippen molar-refractivity contribution < 1.29 is 9.59 Å². The number of piperazine rings is 1. The molecule has 1 heterocycles. The molecule has 1 rings (SSSR count). The molecule has 80 valence electrons. The van der Waals surface area contributed by atoms with Crippen LogP contribution in [0.25, 0.3) is 0 Å². The van der Waals surface area contributed by atoms with Gasteiger partial charge in [0.2, 0.25) is 11.8 Å². The third-order valence-corrected chi connectivity index (χ3v) is 3.06. The van der Waals surface area contributed by atoms with Crippen molar-refractivity contribution in [2.45, 2.75) is 45.2 Å². The van der Waals surface area contributed by atoms with Crippen LogP contribution in [0.15, 0.2) is 0 Å². The van der Waals surface area contributed by atoms with Crippen molar-refractivity contribution in [2.24, 2.45) is 0 Å². The summed E-state index contributed by atoms with van der Waals surface area (Å²) in [5.41, 5.74) is -0.711. The van der Waals surface area contributed by atoms with Crippen LogP contribution in [0, 0.1) is 0 Å². The predicted octanol–water partition coefficient (Wildman–Crippen LogP) is 0.522. The van der Waals surface area contributed by atoms with Gasteiger partial charge < -0.3 is 10.2 Å². The van der Waals surface area contributed by atoms with E-state index in [4.69, 9.17) is 0 Å². The monoisotopic (exact) mass is 198 g/mol. The lowest BCUT2D eigenvalue weighted by Crippen LogP contribution is -2.67. The van der Waals surface area contributed by atoms with Crippen LogP contribution in [0.4, 0.5) is 0 Å². The maximum absolute atomic E-state index is 11.9. The summed E-state index contributed by atoms with van der Waals surface area (Å²) in [5, 5.41) is 2.79. The topological polar surface area (TPSA) is 49.4 Å². The fourth-order valence-electron chi connectivity index (χ4n) is 1.81. The molecule has 4 heteroatoms. The van der Waals surface area contributed by atoms with Crippen LogP contribution >= 0.6 is 0 Å².